The van der Waals surface area contributed by atoms with Gasteiger partial charge in [-0.2, -0.15) is 11.8 Å². The van der Waals surface area contributed by atoms with Crippen LogP contribution in [0.3, 0.4) is 0 Å². The third-order valence-electron chi connectivity index (χ3n) is 2.14. The van der Waals surface area contributed by atoms with E-state index >= 15 is 0 Å². The summed E-state index contributed by atoms with van der Waals surface area (Å²) in [5.74, 6) is 0.690. The molecular formula is C12H14BrNO4S. The van der Waals surface area contributed by atoms with Gasteiger partial charge >= 0.3 is 5.97 Å². The molecule has 0 aliphatic rings. The van der Waals surface area contributed by atoms with Crippen LogP contribution in [0.2, 0.25) is 0 Å². The molecule has 0 spiro atoms. The molecule has 0 radical (unpaired) electrons. The van der Waals surface area contributed by atoms with Crippen LogP contribution in [0.5, 0.6) is 5.75 Å². The van der Waals surface area contributed by atoms with Crippen LogP contribution in [-0.2, 0) is 9.59 Å². The lowest BCUT2D eigenvalue weighted by molar-refractivity contribution is -0.139. The van der Waals surface area contributed by atoms with E-state index in [0.29, 0.717) is 24.5 Å². The first-order chi connectivity index (χ1) is 9.13. The molecule has 104 valence electrons. The summed E-state index contributed by atoms with van der Waals surface area (Å²) >= 11 is 4.76. The Hall–Kier alpha value is -1.21. The number of carboxylic acids is 1. The van der Waals surface area contributed by atoms with E-state index in [0.717, 1.165) is 10.2 Å². The predicted molar refractivity (Wildman–Crippen MR) is 77.6 cm³/mol. The van der Waals surface area contributed by atoms with Gasteiger partial charge in [0.15, 0.2) is 0 Å². The number of amides is 1. The van der Waals surface area contributed by atoms with Crippen molar-refractivity contribution in [1.82, 2.24) is 5.32 Å². The molecule has 19 heavy (non-hydrogen) atoms. The average molecular weight is 348 g/mol. The van der Waals surface area contributed by atoms with E-state index in [1.165, 1.54) is 11.8 Å². The highest BCUT2D eigenvalue weighted by molar-refractivity contribution is 9.10. The van der Waals surface area contributed by atoms with Crippen LogP contribution in [0.15, 0.2) is 28.7 Å². The van der Waals surface area contributed by atoms with Crippen LogP contribution < -0.4 is 10.1 Å². The van der Waals surface area contributed by atoms with Crippen molar-refractivity contribution in [3.8, 4) is 5.75 Å². The molecule has 1 unspecified atom stereocenters. The molecule has 7 heteroatoms. The minimum atomic E-state index is -1.03. The van der Waals surface area contributed by atoms with Gasteiger partial charge in [0.05, 0.1) is 6.61 Å². The van der Waals surface area contributed by atoms with Crippen LogP contribution >= 0.6 is 27.7 Å². The minimum Gasteiger partial charge on any atom is -0.493 e. The van der Waals surface area contributed by atoms with Crippen molar-refractivity contribution < 1.29 is 19.4 Å². The molecule has 0 aromatic heterocycles. The van der Waals surface area contributed by atoms with E-state index in [1.807, 2.05) is 24.3 Å². The zero-order valence-electron chi connectivity index (χ0n) is 10.0. The lowest BCUT2D eigenvalue weighted by Gasteiger charge is -2.11. The van der Waals surface area contributed by atoms with Gasteiger partial charge in [0, 0.05) is 16.0 Å². The number of halogens is 1. The van der Waals surface area contributed by atoms with Crippen molar-refractivity contribution in [2.24, 2.45) is 0 Å². The molecule has 0 aliphatic heterocycles. The molecular weight excluding hydrogens is 334 g/mol. The van der Waals surface area contributed by atoms with Crippen LogP contribution in [-0.4, -0.2) is 41.6 Å². The van der Waals surface area contributed by atoms with E-state index in [1.54, 1.807) is 0 Å². The van der Waals surface area contributed by atoms with Crippen LogP contribution in [0.4, 0.5) is 0 Å². The maximum absolute atomic E-state index is 10.7. The number of benzene rings is 1. The zero-order valence-corrected chi connectivity index (χ0v) is 12.4. The molecule has 1 aromatic rings. The number of carbonyl (C=O) groups is 2. The monoisotopic (exact) mass is 347 g/mol. The van der Waals surface area contributed by atoms with Crippen LogP contribution in [0.1, 0.15) is 0 Å². The maximum atomic E-state index is 10.7. The Kier molecular flexibility index (Phi) is 7.35. The molecule has 1 aromatic carbocycles. The fourth-order valence-electron chi connectivity index (χ4n) is 1.25. The summed E-state index contributed by atoms with van der Waals surface area (Å²) in [6.07, 6.45) is 0.400. The Labute approximate surface area is 123 Å². The molecule has 5 nitrogen and oxygen atoms in total. The predicted octanol–water partition coefficient (Wildman–Crippen LogP) is 1.76. The number of aliphatic carboxylic acids is 1. The summed E-state index contributed by atoms with van der Waals surface area (Å²) < 4.78 is 6.44. The van der Waals surface area contributed by atoms with Gasteiger partial charge in [-0.25, -0.2) is 4.79 Å². The maximum Gasteiger partial charge on any atom is 0.327 e. The number of hydrogen-bond donors (Lipinski definition) is 2. The summed E-state index contributed by atoms with van der Waals surface area (Å²) in [5.41, 5.74) is 0. The fraction of sp³-hybridized carbons (Fsp3) is 0.333. The van der Waals surface area contributed by atoms with Gasteiger partial charge in [0.2, 0.25) is 6.41 Å². The van der Waals surface area contributed by atoms with E-state index in [2.05, 4.69) is 21.2 Å². The molecule has 0 aliphatic carbocycles. The second-order valence-electron chi connectivity index (χ2n) is 3.56. The van der Waals surface area contributed by atoms with Crippen LogP contribution in [0, 0.1) is 0 Å². The zero-order chi connectivity index (χ0) is 14.1. The van der Waals surface area contributed by atoms with Gasteiger partial charge in [-0.15, -0.1) is 0 Å². The molecule has 0 saturated heterocycles. The lowest BCUT2D eigenvalue weighted by Crippen LogP contribution is -2.38. The van der Waals surface area contributed by atoms with Crippen LogP contribution in [0.25, 0.3) is 0 Å². The minimum absolute atomic E-state index is 0.315. The molecule has 1 amide bonds. The van der Waals surface area contributed by atoms with Crippen molar-refractivity contribution in [2.75, 3.05) is 18.1 Å². The molecule has 1 rings (SSSR count). The molecule has 0 heterocycles. The third-order valence-corrected chi connectivity index (χ3v) is 3.66. The highest BCUT2D eigenvalue weighted by Gasteiger charge is 2.15. The Morgan fingerprint density at radius 3 is 3.00 bits per heavy atom. The van der Waals surface area contributed by atoms with Crippen molar-refractivity contribution in [3.05, 3.63) is 28.7 Å². The number of carbonyl (C=O) groups excluding carboxylic acids is 1. The number of thioether (sulfide) groups is 1. The quantitative estimate of drug-likeness (QED) is 0.525. The fourth-order valence-corrected chi connectivity index (χ4v) is 2.47. The highest BCUT2D eigenvalue weighted by atomic mass is 79.9. The van der Waals surface area contributed by atoms with Gasteiger partial charge in [-0.3, -0.25) is 4.79 Å². The second-order valence-corrected chi connectivity index (χ2v) is 5.62. The summed E-state index contributed by atoms with van der Waals surface area (Å²) in [7, 11) is 0. The van der Waals surface area contributed by atoms with Crippen molar-refractivity contribution in [2.45, 2.75) is 6.04 Å². The average Bonchev–Trinajstić information content (AvgIpc) is 2.37. The molecule has 1 atom stereocenters. The lowest BCUT2D eigenvalue weighted by atomic mass is 10.3. The standard InChI is InChI=1S/C12H14BrNO4S/c13-9-2-1-3-10(6-9)18-4-5-19-7-11(12(16)17)14-8-15/h1-3,6,8,11H,4-5,7H2,(H,14,15)(H,16,17). The number of ether oxygens (including phenoxy) is 1. The summed E-state index contributed by atoms with van der Waals surface area (Å²) in [6, 6.07) is 6.64. The first-order valence-corrected chi connectivity index (χ1v) is 7.47. The second kappa shape index (κ2) is 8.82. The van der Waals surface area contributed by atoms with E-state index in [4.69, 9.17) is 9.84 Å². The number of carboxylic acid groups (broad SMARTS) is 1. The summed E-state index contributed by atoms with van der Waals surface area (Å²) in [6.45, 7) is 0.481. The summed E-state index contributed by atoms with van der Waals surface area (Å²) in [4.78, 5) is 21.0. The van der Waals surface area contributed by atoms with Gasteiger partial charge in [-0.1, -0.05) is 22.0 Å². The van der Waals surface area contributed by atoms with E-state index < -0.39 is 12.0 Å². The normalized spacial score (nSPS) is 11.6. The number of nitrogens with one attached hydrogen (secondary N) is 1. The molecule has 0 bridgehead atoms. The number of hydrogen-bond acceptors (Lipinski definition) is 4. The van der Waals surface area contributed by atoms with Gasteiger partial charge < -0.3 is 15.2 Å². The molecule has 0 fully saturated rings. The first-order valence-electron chi connectivity index (χ1n) is 5.52. The van der Waals surface area contributed by atoms with Gasteiger partial charge in [0.1, 0.15) is 11.8 Å². The SMILES string of the molecule is O=CNC(CSCCOc1cccc(Br)c1)C(=O)O. The number of rotatable bonds is 9. The van der Waals surface area contributed by atoms with Crippen molar-refractivity contribution in [1.29, 1.82) is 0 Å². The molecule has 2 N–H and O–H groups in total. The van der Waals surface area contributed by atoms with E-state index in [-0.39, 0.29) is 0 Å². The van der Waals surface area contributed by atoms with Gasteiger partial charge in [0.25, 0.3) is 0 Å². The smallest absolute Gasteiger partial charge is 0.327 e. The molecule has 0 saturated carbocycles. The Morgan fingerprint density at radius 2 is 2.37 bits per heavy atom. The van der Waals surface area contributed by atoms with Crippen molar-refractivity contribution >= 4 is 40.1 Å². The third kappa shape index (κ3) is 6.49. The Bertz CT molecular complexity index is 430. The van der Waals surface area contributed by atoms with Gasteiger partial charge in [-0.05, 0) is 18.2 Å². The Balaban J connectivity index is 2.20. The highest BCUT2D eigenvalue weighted by Crippen LogP contribution is 2.17. The summed E-state index contributed by atoms with van der Waals surface area (Å²) in [5, 5.41) is 11.0. The van der Waals surface area contributed by atoms with E-state index in [9.17, 15) is 9.59 Å². The Morgan fingerprint density at radius 1 is 1.58 bits per heavy atom. The topological polar surface area (TPSA) is 75.6 Å². The first kappa shape index (κ1) is 15.8. The van der Waals surface area contributed by atoms with Crippen molar-refractivity contribution in [3.63, 3.8) is 0 Å². The largest absolute Gasteiger partial charge is 0.493 e.